The Morgan fingerprint density at radius 2 is 1.76 bits per heavy atom. The van der Waals surface area contributed by atoms with Gasteiger partial charge < -0.3 is 10.2 Å². The SMILES string of the molecule is CCN(C(=O)Nc1ccc(Cl)cc1)C(C)c1nc2ccccc2c(=O)n1-c1ccc(C)c(C)c1. The summed E-state index contributed by atoms with van der Waals surface area (Å²) >= 11 is 5.96. The number of nitrogens with zero attached hydrogens (tertiary/aromatic N) is 3. The number of carbonyl (C=O) groups excluding carboxylic acids is 1. The summed E-state index contributed by atoms with van der Waals surface area (Å²) in [5.41, 5.74) is 4.01. The second-order valence-electron chi connectivity index (χ2n) is 8.30. The summed E-state index contributed by atoms with van der Waals surface area (Å²) in [6.45, 7) is 8.26. The molecule has 174 valence electrons. The number of benzene rings is 3. The van der Waals surface area contributed by atoms with Crippen LogP contribution in [-0.4, -0.2) is 27.0 Å². The topological polar surface area (TPSA) is 67.2 Å². The largest absolute Gasteiger partial charge is 0.322 e. The minimum Gasteiger partial charge on any atom is -0.315 e. The fourth-order valence-electron chi connectivity index (χ4n) is 4.01. The summed E-state index contributed by atoms with van der Waals surface area (Å²) in [5, 5.41) is 4.04. The van der Waals surface area contributed by atoms with Crippen molar-refractivity contribution in [2.24, 2.45) is 0 Å². The first-order chi connectivity index (χ1) is 16.3. The minimum absolute atomic E-state index is 0.162. The highest BCUT2D eigenvalue weighted by atomic mass is 35.5. The molecule has 34 heavy (non-hydrogen) atoms. The number of anilines is 1. The molecular formula is C27H27ClN4O2. The van der Waals surface area contributed by atoms with E-state index in [0.29, 0.717) is 34.0 Å². The summed E-state index contributed by atoms with van der Waals surface area (Å²) in [6.07, 6.45) is 0. The summed E-state index contributed by atoms with van der Waals surface area (Å²) in [4.78, 5) is 33.4. The van der Waals surface area contributed by atoms with Gasteiger partial charge in [-0.2, -0.15) is 0 Å². The van der Waals surface area contributed by atoms with E-state index in [0.717, 1.165) is 16.8 Å². The number of nitrogens with one attached hydrogen (secondary N) is 1. The van der Waals surface area contributed by atoms with Crippen molar-refractivity contribution >= 4 is 34.2 Å². The molecule has 6 nitrogen and oxygen atoms in total. The maximum Gasteiger partial charge on any atom is 0.322 e. The van der Waals surface area contributed by atoms with Crippen molar-refractivity contribution in [2.75, 3.05) is 11.9 Å². The maximum atomic E-state index is 13.6. The standard InChI is InChI=1S/C27H27ClN4O2/c1-5-31(27(34)29-21-13-11-20(28)12-14-21)19(4)25-30-24-9-7-6-8-23(24)26(33)32(25)22-15-10-17(2)18(3)16-22/h6-16,19H,5H2,1-4H3,(H,29,34). The molecule has 7 heteroatoms. The van der Waals surface area contributed by atoms with E-state index in [-0.39, 0.29) is 11.6 Å². The molecule has 0 spiro atoms. The molecule has 3 aromatic carbocycles. The number of rotatable bonds is 5. The third-order valence-electron chi connectivity index (χ3n) is 6.09. The van der Waals surface area contributed by atoms with E-state index in [1.54, 1.807) is 39.8 Å². The van der Waals surface area contributed by atoms with E-state index >= 15 is 0 Å². The summed E-state index contributed by atoms with van der Waals surface area (Å²) in [5.74, 6) is 0.500. The molecule has 0 fully saturated rings. The quantitative estimate of drug-likeness (QED) is 0.370. The van der Waals surface area contributed by atoms with Crippen LogP contribution in [0.25, 0.3) is 16.6 Å². The number of halogens is 1. The van der Waals surface area contributed by atoms with E-state index < -0.39 is 6.04 Å². The Kier molecular flexibility index (Phi) is 6.70. The van der Waals surface area contributed by atoms with Gasteiger partial charge in [-0.1, -0.05) is 29.8 Å². The first-order valence-corrected chi connectivity index (χ1v) is 11.6. The second-order valence-corrected chi connectivity index (χ2v) is 8.73. The van der Waals surface area contributed by atoms with E-state index in [1.165, 1.54) is 0 Å². The molecule has 1 unspecified atom stereocenters. The normalized spacial score (nSPS) is 11.9. The highest BCUT2D eigenvalue weighted by Crippen LogP contribution is 2.25. The number of aromatic nitrogens is 2. The molecule has 0 bridgehead atoms. The Labute approximate surface area is 203 Å². The van der Waals surface area contributed by atoms with Crippen molar-refractivity contribution in [1.29, 1.82) is 0 Å². The third-order valence-corrected chi connectivity index (χ3v) is 6.34. The number of para-hydroxylation sites is 1. The van der Waals surface area contributed by atoms with E-state index in [2.05, 4.69) is 5.32 Å². The maximum absolute atomic E-state index is 13.6. The highest BCUT2D eigenvalue weighted by molar-refractivity contribution is 6.30. The Morgan fingerprint density at radius 3 is 2.44 bits per heavy atom. The highest BCUT2D eigenvalue weighted by Gasteiger charge is 2.26. The lowest BCUT2D eigenvalue weighted by Gasteiger charge is -2.29. The Balaban J connectivity index is 1.82. The van der Waals surface area contributed by atoms with Crippen LogP contribution in [-0.2, 0) is 0 Å². The molecule has 1 heterocycles. The van der Waals surface area contributed by atoms with Crippen LogP contribution in [0.15, 0.2) is 71.5 Å². The molecule has 4 aromatic rings. The van der Waals surface area contributed by atoms with Gasteiger partial charge in [0.25, 0.3) is 5.56 Å². The van der Waals surface area contributed by atoms with Crippen LogP contribution in [0.1, 0.15) is 36.8 Å². The molecule has 0 aliphatic carbocycles. The van der Waals surface area contributed by atoms with Gasteiger partial charge in [0.1, 0.15) is 5.82 Å². The van der Waals surface area contributed by atoms with Crippen LogP contribution in [0.5, 0.6) is 0 Å². The number of hydrogen-bond donors (Lipinski definition) is 1. The lowest BCUT2D eigenvalue weighted by Crippen LogP contribution is -2.39. The molecule has 1 aromatic heterocycles. The fraction of sp³-hybridized carbons (Fsp3) is 0.222. The van der Waals surface area contributed by atoms with Crippen molar-refractivity contribution in [2.45, 2.75) is 33.7 Å². The molecule has 4 rings (SSSR count). The lowest BCUT2D eigenvalue weighted by atomic mass is 10.1. The van der Waals surface area contributed by atoms with Crippen molar-refractivity contribution < 1.29 is 4.79 Å². The third kappa shape index (κ3) is 4.54. The summed E-state index contributed by atoms with van der Waals surface area (Å²) in [6, 6.07) is 19.4. The van der Waals surface area contributed by atoms with Gasteiger partial charge >= 0.3 is 6.03 Å². The summed E-state index contributed by atoms with van der Waals surface area (Å²) < 4.78 is 1.62. The Morgan fingerprint density at radius 1 is 1.06 bits per heavy atom. The van der Waals surface area contributed by atoms with Crippen LogP contribution >= 0.6 is 11.6 Å². The Hall–Kier alpha value is -3.64. The van der Waals surface area contributed by atoms with Gasteiger partial charge in [0.2, 0.25) is 0 Å². The minimum atomic E-state index is -0.476. The van der Waals surface area contributed by atoms with Crippen LogP contribution < -0.4 is 10.9 Å². The molecule has 0 saturated carbocycles. The van der Waals surface area contributed by atoms with Gasteiger partial charge in [-0.15, -0.1) is 0 Å². The van der Waals surface area contributed by atoms with Crippen LogP contribution in [0.3, 0.4) is 0 Å². The number of hydrogen-bond acceptors (Lipinski definition) is 3. The molecular weight excluding hydrogens is 448 g/mol. The smallest absolute Gasteiger partial charge is 0.315 e. The number of urea groups is 1. The van der Waals surface area contributed by atoms with Gasteiger partial charge in [-0.05, 0) is 87.4 Å². The molecule has 1 atom stereocenters. The molecule has 0 radical (unpaired) electrons. The van der Waals surface area contributed by atoms with Gasteiger partial charge in [0, 0.05) is 17.3 Å². The number of amides is 2. The predicted molar refractivity (Wildman–Crippen MR) is 138 cm³/mol. The average Bonchev–Trinajstić information content (AvgIpc) is 2.83. The number of fused-ring (bicyclic) bond motifs is 1. The monoisotopic (exact) mass is 474 g/mol. The van der Waals surface area contributed by atoms with Gasteiger partial charge in [0.05, 0.1) is 22.6 Å². The molecule has 0 aliphatic heterocycles. The van der Waals surface area contributed by atoms with E-state index in [4.69, 9.17) is 16.6 Å². The van der Waals surface area contributed by atoms with Crippen LogP contribution in [0.4, 0.5) is 10.5 Å². The zero-order chi connectivity index (χ0) is 24.4. The van der Waals surface area contributed by atoms with Gasteiger partial charge in [0.15, 0.2) is 0 Å². The predicted octanol–water partition coefficient (Wildman–Crippen LogP) is 6.27. The Bertz CT molecular complexity index is 1410. The van der Waals surface area contributed by atoms with E-state index in [1.807, 2.05) is 64.1 Å². The molecule has 2 amide bonds. The fourth-order valence-corrected chi connectivity index (χ4v) is 4.13. The van der Waals surface area contributed by atoms with Gasteiger partial charge in [-0.25, -0.2) is 9.78 Å². The average molecular weight is 475 g/mol. The summed E-state index contributed by atoms with van der Waals surface area (Å²) in [7, 11) is 0. The van der Waals surface area contributed by atoms with Crippen molar-refractivity contribution in [3.8, 4) is 5.69 Å². The zero-order valence-electron chi connectivity index (χ0n) is 19.7. The van der Waals surface area contributed by atoms with Crippen LogP contribution in [0.2, 0.25) is 5.02 Å². The lowest BCUT2D eigenvalue weighted by molar-refractivity contribution is 0.193. The first kappa shape index (κ1) is 23.5. The molecule has 0 saturated heterocycles. The number of carbonyl (C=O) groups is 1. The molecule has 0 aliphatic rings. The van der Waals surface area contributed by atoms with Crippen molar-refractivity contribution in [3.63, 3.8) is 0 Å². The van der Waals surface area contributed by atoms with Crippen molar-refractivity contribution in [1.82, 2.24) is 14.5 Å². The van der Waals surface area contributed by atoms with E-state index in [9.17, 15) is 9.59 Å². The first-order valence-electron chi connectivity index (χ1n) is 11.2. The molecule has 1 N–H and O–H groups in total. The zero-order valence-corrected chi connectivity index (χ0v) is 20.4. The van der Waals surface area contributed by atoms with Crippen molar-refractivity contribution in [3.05, 3.63) is 99.1 Å². The second kappa shape index (κ2) is 9.69. The number of aryl methyl sites for hydroxylation is 2. The van der Waals surface area contributed by atoms with Gasteiger partial charge in [-0.3, -0.25) is 9.36 Å². The van der Waals surface area contributed by atoms with Crippen LogP contribution in [0, 0.1) is 13.8 Å².